The van der Waals surface area contributed by atoms with Crippen LogP contribution in [0.2, 0.25) is 0 Å². The Kier molecular flexibility index (Phi) is 8.74. The summed E-state index contributed by atoms with van der Waals surface area (Å²) in [6, 6.07) is 18.3. The maximum Gasteiger partial charge on any atom is 0.341 e. The zero-order chi connectivity index (χ0) is 27.4. The van der Waals surface area contributed by atoms with Gasteiger partial charge >= 0.3 is 5.97 Å². The molecule has 0 radical (unpaired) electrons. The van der Waals surface area contributed by atoms with E-state index < -0.39 is 5.97 Å². The van der Waals surface area contributed by atoms with Crippen LogP contribution in [0.4, 0.5) is 5.00 Å². The number of carbonyl (C=O) groups excluding carboxylic acids is 2. The molecule has 2 aromatic heterocycles. The van der Waals surface area contributed by atoms with Crippen molar-refractivity contribution >= 4 is 51.7 Å². The molecule has 1 unspecified atom stereocenters. The van der Waals surface area contributed by atoms with Crippen LogP contribution < -0.4 is 5.32 Å². The number of hydrogen-bond donors (Lipinski definition) is 1. The second-order valence-electron chi connectivity index (χ2n) is 9.56. The minimum atomic E-state index is -0.399. The Morgan fingerprint density at radius 2 is 1.87 bits per heavy atom. The first-order valence-electron chi connectivity index (χ1n) is 12.8. The molecular weight excluding hydrogens is 549 g/mol. The molecule has 202 valence electrons. The number of benzene rings is 2. The maximum atomic E-state index is 13.1. The minimum Gasteiger partial charge on any atom is -0.465 e. The molecule has 2 heterocycles. The molecule has 1 N–H and O–H groups in total. The lowest BCUT2D eigenvalue weighted by molar-refractivity contribution is -0.113. The Bertz CT molecular complexity index is 1470. The molecule has 0 spiro atoms. The number of esters is 1. The van der Waals surface area contributed by atoms with Crippen molar-refractivity contribution in [3.05, 3.63) is 82.0 Å². The van der Waals surface area contributed by atoms with E-state index >= 15 is 0 Å². The lowest BCUT2D eigenvalue weighted by Gasteiger charge is -2.18. The number of rotatable bonds is 9. The molecule has 10 heteroatoms. The van der Waals surface area contributed by atoms with Gasteiger partial charge in [0.1, 0.15) is 10.8 Å². The highest BCUT2D eigenvalue weighted by atomic mass is 32.2. The van der Waals surface area contributed by atoms with Gasteiger partial charge in [-0.05, 0) is 61.9 Å². The average Bonchev–Trinajstić information content (AvgIpc) is 3.51. The van der Waals surface area contributed by atoms with E-state index in [0.29, 0.717) is 27.4 Å². The van der Waals surface area contributed by atoms with Crippen molar-refractivity contribution in [3.63, 3.8) is 0 Å². The van der Waals surface area contributed by atoms with E-state index in [1.165, 1.54) is 35.8 Å². The second kappa shape index (κ2) is 12.4. The summed E-state index contributed by atoms with van der Waals surface area (Å²) in [5, 5.41) is 13.1. The van der Waals surface area contributed by atoms with Crippen LogP contribution in [0.1, 0.15) is 45.5 Å². The van der Waals surface area contributed by atoms with Crippen molar-refractivity contribution in [1.29, 1.82) is 0 Å². The molecule has 5 rings (SSSR count). The zero-order valence-electron chi connectivity index (χ0n) is 22.1. The van der Waals surface area contributed by atoms with E-state index in [2.05, 4.69) is 53.6 Å². The summed E-state index contributed by atoms with van der Waals surface area (Å²) in [4.78, 5) is 28.0. The van der Waals surface area contributed by atoms with Crippen LogP contribution >= 0.6 is 34.9 Å². The SMILES string of the molecule is COC(=O)c1c(NC(=O)CSc2nnc(CSc3ccc(C)cc3)n2-c2ccccc2)sc2c1CCC(C)C2. The van der Waals surface area contributed by atoms with Gasteiger partial charge in [-0.2, -0.15) is 0 Å². The van der Waals surface area contributed by atoms with Gasteiger partial charge in [0.15, 0.2) is 5.16 Å². The van der Waals surface area contributed by atoms with Gasteiger partial charge in [-0.25, -0.2) is 4.79 Å². The first-order valence-corrected chi connectivity index (χ1v) is 15.6. The summed E-state index contributed by atoms with van der Waals surface area (Å²) < 4.78 is 7.06. The standard InChI is InChI=1S/C29H30N4O3S3/c1-18-9-12-21(13-10-18)37-16-24-31-32-29(33(24)20-7-5-4-6-8-20)38-17-25(34)30-27-26(28(35)36-3)22-14-11-19(2)15-23(22)39-27/h4-10,12-13,19H,11,14-17H2,1-3H3,(H,30,34). The van der Waals surface area contributed by atoms with Crippen molar-refractivity contribution in [3.8, 4) is 5.69 Å². The lowest BCUT2D eigenvalue weighted by atomic mass is 9.88. The number of aryl methyl sites for hydroxylation is 1. The van der Waals surface area contributed by atoms with Crippen LogP contribution in [0.15, 0.2) is 64.6 Å². The number of nitrogens with one attached hydrogen (secondary N) is 1. The van der Waals surface area contributed by atoms with Crippen molar-refractivity contribution < 1.29 is 14.3 Å². The Morgan fingerprint density at radius 3 is 2.62 bits per heavy atom. The number of ether oxygens (including phenoxy) is 1. The number of thioether (sulfide) groups is 2. The number of aromatic nitrogens is 3. The molecule has 1 aliphatic carbocycles. The minimum absolute atomic E-state index is 0.135. The molecule has 0 saturated carbocycles. The van der Waals surface area contributed by atoms with Crippen LogP contribution in [0.3, 0.4) is 0 Å². The molecule has 7 nitrogen and oxygen atoms in total. The van der Waals surface area contributed by atoms with Crippen LogP contribution in [0.25, 0.3) is 5.69 Å². The van der Waals surface area contributed by atoms with Crippen molar-refractivity contribution in [2.45, 2.75) is 48.9 Å². The Morgan fingerprint density at radius 1 is 1.10 bits per heavy atom. The summed E-state index contributed by atoms with van der Waals surface area (Å²) >= 11 is 4.51. The van der Waals surface area contributed by atoms with E-state index in [1.54, 1.807) is 11.8 Å². The fourth-order valence-electron chi connectivity index (χ4n) is 4.56. The Hall–Kier alpha value is -3.08. The summed E-state index contributed by atoms with van der Waals surface area (Å²) in [6.07, 6.45) is 2.76. The first kappa shape index (κ1) is 27.5. The van der Waals surface area contributed by atoms with Gasteiger partial charge in [0.2, 0.25) is 5.91 Å². The highest BCUT2D eigenvalue weighted by Crippen LogP contribution is 2.40. The fourth-order valence-corrected chi connectivity index (χ4v) is 7.55. The third-order valence-electron chi connectivity index (χ3n) is 6.59. The molecule has 1 atom stereocenters. The monoisotopic (exact) mass is 578 g/mol. The van der Waals surface area contributed by atoms with E-state index in [9.17, 15) is 9.59 Å². The third-order valence-corrected chi connectivity index (χ3v) is 9.70. The van der Waals surface area contributed by atoms with Crippen LogP contribution in [0.5, 0.6) is 0 Å². The quantitative estimate of drug-likeness (QED) is 0.178. The lowest BCUT2D eigenvalue weighted by Crippen LogP contribution is -2.17. The highest BCUT2D eigenvalue weighted by molar-refractivity contribution is 7.99. The van der Waals surface area contributed by atoms with E-state index in [-0.39, 0.29) is 11.7 Å². The van der Waals surface area contributed by atoms with Gasteiger partial charge in [0.05, 0.1) is 24.2 Å². The van der Waals surface area contributed by atoms with Crippen LogP contribution in [-0.2, 0) is 28.1 Å². The van der Waals surface area contributed by atoms with Gasteiger partial charge < -0.3 is 10.1 Å². The molecule has 39 heavy (non-hydrogen) atoms. The smallest absolute Gasteiger partial charge is 0.341 e. The number of hydrogen-bond acceptors (Lipinski definition) is 8. The van der Waals surface area contributed by atoms with E-state index in [1.807, 2.05) is 34.9 Å². The number of methoxy groups -OCH3 is 1. The number of anilines is 1. The molecule has 0 fully saturated rings. The predicted octanol–water partition coefficient (Wildman–Crippen LogP) is 6.57. The normalized spacial score (nSPS) is 14.6. The number of carbonyl (C=O) groups is 2. The molecule has 0 aliphatic heterocycles. The molecule has 2 aromatic carbocycles. The number of fused-ring (bicyclic) bond motifs is 1. The number of amides is 1. The van der Waals surface area contributed by atoms with Crippen LogP contribution in [-0.4, -0.2) is 39.5 Å². The van der Waals surface area contributed by atoms with Crippen molar-refractivity contribution in [2.75, 3.05) is 18.2 Å². The molecule has 4 aromatic rings. The topological polar surface area (TPSA) is 86.1 Å². The van der Waals surface area contributed by atoms with E-state index in [0.717, 1.165) is 46.1 Å². The molecule has 1 amide bonds. The van der Waals surface area contributed by atoms with Gasteiger partial charge in [-0.15, -0.1) is 33.3 Å². The zero-order valence-corrected chi connectivity index (χ0v) is 24.5. The molecule has 0 bridgehead atoms. The highest BCUT2D eigenvalue weighted by Gasteiger charge is 2.29. The van der Waals surface area contributed by atoms with Crippen molar-refractivity contribution in [1.82, 2.24) is 14.8 Å². The Labute approximate surface area is 240 Å². The summed E-state index contributed by atoms with van der Waals surface area (Å²) in [5.41, 5.74) is 3.69. The van der Waals surface area contributed by atoms with Gasteiger partial charge in [-0.1, -0.05) is 54.6 Å². The largest absolute Gasteiger partial charge is 0.465 e. The molecular formula is C29H30N4O3S3. The van der Waals surface area contributed by atoms with Crippen molar-refractivity contribution in [2.24, 2.45) is 5.92 Å². The summed E-state index contributed by atoms with van der Waals surface area (Å²) in [7, 11) is 1.38. The molecule has 0 saturated heterocycles. The Balaban J connectivity index is 1.32. The number of nitrogens with zero attached hydrogens (tertiary/aromatic N) is 3. The fraction of sp³-hybridized carbons (Fsp3) is 0.310. The summed E-state index contributed by atoms with van der Waals surface area (Å²) in [6.45, 7) is 4.29. The average molecular weight is 579 g/mol. The first-order chi connectivity index (χ1) is 18.9. The third kappa shape index (κ3) is 6.40. The number of para-hydroxylation sites is 1. The predicted molar refractivity (Wildman–Crippen MR) is 158 cm³/mol. The van der Waals surface area contributed by atoms with Crippen LogP contribution in [0, 0.1) is 12.8 Å². The van der Waals surface area contributed by atoms with Gasteiger partial charge in [0, 0.05) is 15.5 Å². The van der Waals surface area contributed by atoms with E-state index in [4.69, 9.17) is 4.74 Å². The number of thiophene rings is 1. The molecule has 1 aliphatic rings. The second-order valence-corrected chi connectivity index (χ2v) is 12.7. The maximum absolute atomic E-state index is 13.1. The van der Waals surface area contributed by atoms with Gasteiger partial charge in [0.25, 0.3) is 0 Å². The summed E-state index contributed by atoms with van der Waals surface area (Å²) in [5.74, 6) is 1.54. The van der Waals surface area contributed by atoms with Gasteiger partial charge in [-0.3, -0.25) is 9.36 Å².